The fourth-order valence-corrected chi connectivity index (χ4v) is 3.16. The van der Waals surface area contributed by atoms with Crippen LogP contribution in [0.2, 0.25) is 0 Å². The Morgan fingerprint density at radius 2 is 1.93 bits per heavy atom. The van der Waals surface area contributed by atoms with Crippen molar-refractivity contribution in [3.8, 4) is 11.5 Å². The molecule has 1 aromatic heterocycles. The third-order valence-electron chi connectivity index (χ3n) is 4.50. The van der Waals surface area contributed by atoms with Gasteiger partial charge in [0, 0.05) is 43.2 Å². The first-order valence-electron chi connectivity index (χ1n) is 8.93. The van der Waals surface area contributed by atoms with E-state index in [2.05, 4.69) is 10.3 Å². The zero-order chi connectivity index (χ0) is 19.5. The van der Waals surface area contributed by atoms with Crippen molar-refractivity contribution in [2.24, 2.45) is 0 Å². The predicted octanol–water partition coefficient (Wildman–Crippen LogP) is 3.35. The second kappa shape index (κ2) is 7.56. The number of nitrogens with zero attached hydrogens (tertiary/aromatic N) is 2. The van der Waals surface area contributed by atoms with Crippen molar-refractivity contribution >= 4 is 34.1 Å². The van der Waals surface area contributed by atoms with Crippen LogP contribution >= 0.6 is 0 Å². The number of amides is 2. The number of rotatable bonds is 5. The number of hydrogen-bond acceptors (Lipinski definition) is 5. The monoisotopic (exact) mass is 377 g/mol. The fraction of sp³-hybridized carbons (Fsp3) is 0.190. The van der Waals surface area contributed by atoms with E-state index in [1.807, 2.05) is 30.3 Å². The summed E-state index contributed by atoms with van der Waals surface area (Å²) < 4.78 is 10.6. The SMILES string of the molecule is CC(=O)N(CCC(=O)Nc1ccc2c(c1)OCO2)c1cccc2cccnc12. The maximum Gasteiger partial charge on any atom is 0.231 e. The van der Waals surface area contributed by atoms with Crippen LogP contribution in [0.15, 0.2) is 54.7 Å². The van der Waals surface area contributed by atoms with Crippen LogP contribution in [-0.4, -0.2) is 30.1 Å². The van der Waals surface area contributed by atoms with Crippen molar-refractivity contribution in [2.75, 3.05) is 23.6 Å². The number of para-hydroxylation sites is 1. The average Bonchev–Trinajstić information content (AvgIpc) is 3.16. The number of pyridine rings is 1. The minimum absolute atomic E-state index is 0.144. The topological polar surface area (TPSA) is 80.8 Å². The Labute approximate surface area is 161 Å². The van der Waals surface area contributed by atoms with E-state index >= 15 is 0 Å². The van der Waals surface area contributed by atoms with E-state index in [0.29, 0.717) is 22.9 Å². The largest absolute Gasteiger partial charge is 0.454 e. The van der Waals surface area contributed by atoms with Gasteiger partial charge in [0.2, 0.25) is 18.6 Å². The van der Waals surface area contributed by atoms with Gasteiger partial charge in [0.15, 0.2) is 11.5 Å². The molecule has 7 heteroatoms. The highest BCUT2D eigenvalue weighted by Gasteiger charge is 2.18. The summed E-state index contributed by atoms with van der Waals surface area (Å²) in [6.07, 6.45) is 1.84. The van der Waals surface area contributed by atoms with Crippen LogP contribution in [0, 0.1) is 0 Å². The molecule has 1 N–H and O–H groups in total. The lowest BCUT2D eigenvalue weighted by Gasteiger charge is -2.22. The first-order chi connectivity index (χ1) is 13.6. The van der Waals surface area contributed by atoms with E-state index < -0.39 is 0 Å². The summed E-state index contributed by atoms with van der Waals surface area (Å²) in [6, 6.07) is 14.7. The summed E-state index contributed by atoms with van der Waals surface area (Å²) in [5.41, 5.74) is 2.05. The molecular formula is C21H19N3O4. The van der Waals surface area contributed by atoms with Gasteiger partial charge >= 0.3 is 0 Å². The molecule has 2 aromatic carbocycles. The Balaban J connectivity index is 1.47. The number of carbonyl (C=O) groups excluding carboxylic acids is 2. The molecule has 2 heterocycles. The molecule has 0 unspecified atom stereocenters. The normalized spacial score (nSPS) is 12.0. The number of nitrogens with one attached hydrogen (secondary N) is 1. The highest BCUT2D eigenvalue weighted by Crippen LogP contribution is 2.34. The Kier molecular flexibility index (Phi) is 4.80. The van der Waals surface area contributed by atoms with Crippen LogP contribution < -0.4 is 19.7 Å². The van der Waals surface area contributed by atoms with Gasteiger partial charge in [-0.2, -0.15) is 0 Å². The number of benzene rings is 2. The van der Waals surface area contributed by atoms with Crippen LogP contribution in [-0.2, 0) is 9.59 Å². The van der Waals surface area contributed by atoms with Crippen LogP contribution in [0.3, 0.4) is 0 Å². The molecule has 0 aliphatic carbocycles. The van der Waals surface area contributed by atoms with Gasteiger partial charge in [0.05, 0.1) is 11.2 Å². The smallest absolute Gasteiger partial charge is 0.231 e. The molecule has 0 fully saturated rings. The predicted molar refractivity (Wildman–Crippen MR) is 106 cm³/mol. The Hall–Kier alpha value is -3.61. The highest BCUT2D eigenvalue weighted by atomic mass is 16.7. The zero-order valence-corrected chi connectivity index (χ0v) is 15.3. The van der Waals surface area contributed by atoms with Gasteiger partial charge in [-0.3, -0.25) is 14.6 Å². The van der Waals surface area contributed by atoms with Gasteiger partial charge < -0.3 is 19.7 Å². The number of carbonyl (C=O) groups is 2. The van der Waals surface area contributed by atoms with E-state index in [-0.39, 0.29) is 31.6 Å². The Morgan fingerprint density at radius 1 is 1.11 bits per heavy atom. The van der Waals surface area contributed by atoms with Crippen LogP contribution in [0.5, 0.6) is 11.5 Å². The first kappa shape index (κ1) is 17.8. The number of anilines is 2. The molecule has 142 valence electrons. The summed E-state index contributed by atoms with van der Waals surface area (Å²) in [6.45, 7) is 1.91. The van der Waals surface area contributed by atoms with Crippen LogP contribution in [0.1, 0.15) is 13.3 Å². The fourth-order valence-electron chi connectivity index (χ4n) is 3.16. The molecule has 7 nitrogen and oxygen atoms in total. The zero-order valence-electron chi connectivity index (χ0n) is 15.3. The van der Waals surface area contributed by atoms with E-state index in [0.717, 1.165) is 10.9 Å². The maximum absolute atomic E-state index is 12.4. The van der Waals surface area contributed by atoms with Crippen molar-refractivity contribution in [1.82, 2.24) is 4.98 Å². The molecule has 28 heavy (non-hydrogen) atoms. The molecule has 1 aliphatic rings. The molecule has 1 aliphatic heterocycles. The van der Waals surface area contributed by atoms with Crippen LogP contribution in [0.4, 0.5) is 11.4 Å². The van der Waals surface area contributed by atoms with Crippen LogP contribution in [0.25, 0.3) is 10.9 Å². The van der Waals surface area contributed by atoms with Crippen molar-refractivity contribution in [2.45, 2.75) is 13.3 Å². The minimum atomic E-state index is -0.196. The minimum Gasteiger partial charge on any atom is -0.454 e. The number of ether oxygens (including phenoxy) is 2. The Bertz CT molecular complexity index is 1050. The summed E-state index contributed by atoms with van der Waals surface area (Å²) in [4.78, 5) is 30.6. The van der Waals surface area contributed by atoms with E-state index in [1.54, 1.807) is 29.3 Å². The van der Waals surface area contributed by atoms with Crippen molar-refractivity contribution in [3.05, 3.63) is 54.7 Å². The van der Waals surface area contributed by atoms with Crippen molar-refractivity contribution in [3.63, 3.8) is 0 Å². The van der Waals surface area contributed by atoms with Gasteiger partial charge in [0.1, 0.15) is 0 Å². The number of aromatic nitrogens is 1. The third-order valence-corrected chi connectivity index (χ3v) is 4.50. The molecule has 0 saturated heterocycles. The molecule has 0 atom stereocenters. The molecule has 0 spiro atoms. The molecule has 2 amide bonds. The van der Waals surface area contributed by atoms with Crippen molar-refractivity contribution < 1.29 is 19.1 Å². The summed E-state index contributed by atoms with van der Waals surface area (Å²) in [5.74, 6) is 0.918. The maximum atomic E-state index is 12.4. The third kappa shape index (κ3) is 3.59. The second-order valence-corrected chi connectivity index (χ2v) is 6.39. The lowest BCUT2D eigenvalue weighted by atomic mass is 10.1. The lowest BCUT2D eigenvalue weighted by molar-refractivity contribution is -0.117. The second-order valence-electron chi connectivity index (χ2n) is 6.39. The molecule has 0 saturated carbocycles. The first-order valence-corrected chi connectivity index (χ1v) is 8.93. The highest BCUT2D eigenvalue weighted by molar-refractivity contribution is 6.02. The molecule has 0 radical (unpaired) electrons. The van der Waals surface area contributed by atoms with Gasteiger partial charge in [-0.25, -0.2) is 0 Å². The van der Waals surface area contributed by atoms with Crippen molar-refractivity contribution in [1.29, 1.82) is 0 Å². The van der Waals surface area contributed by atoms with Gasteiger partial charge in [-0.15, -0.1) is 0 Å². The standard InChI is InChI=1S/C21H19N3O4/c1-14(25)24(17-6-2-4-15-5-3-10-22-21(15)17)11-9-20(26)23-16-7-8-18-19(12-16)28-13-27-18/h2-8,10,12H,9,11,13H2,1H3,(H,23,26). The molecule has 4 rings (SSSR count). The van der Waals surface area contributed by atoms with Gasteiger partial charge in [-0.05, 0) is 24.3 Å². The molecular weight excluding hydrogens is 358 g/mol. The molecule has 0 bridgehead atoms. The number of fused-ring (bicyclic) bond motifs is 2. The summed E-state index contributed by atoms with van der Waals surface area (Å²) >= 11 is 0. The number of hydrogen-bond donors (Lipinski definition) is 1. The summed E-state index contributed by atoms with van der Waals surface area (Å²) in [5, 5.41) is 3.77. The van der Waals surface area contributed by atoms with E-state index in [9.17, 15) is 9.59 Å². The quantitative estimate of drug-likeness (QED) is 0.738. The molecule has 3 aromatic rings. The Morgan fingerprint density at radius 3 is 2.79 bits per heavy atom. The average molecular weight is 377 g/mol. The summed E-state index contributed by atoms with van der Waals surface area (Å²) in [7, 11) is 0. The van der Waals surface area contributed by atoms with E-state index in [4.69, 9.17) is 9.47 Å². The van der Waals surface area contributed by atoms with Gasteiger partial charge in [0.25, 0.3) is 0 Å². The van der Waals surface area contributed by atoms with E-state index in [1.165, 1.54) is 6.92 Å². The lowest BCUT2D eigenvalue weighted by Crippen LogP contribution is -2.32. The van der Waals surface area contributed by atoms with Gasteiger partial charge in [-0.1, -0.05) is 18.2 Å².